The Kier molecular flexibility index (Phi) is 7.67. The van der Waals surface area contributed by atoms with Crippen LogP contribution < -0.4 is 0 Å². The summed E-state index contributed by atoms with van der Waals surface area (Å²) in [6.45, 7) is 1.35. The molecule has 0 aromatic heterocycles. The molecule has 1 unspecified atom stereocenters. The van der Waals surface area contributed by atoms with Gasteiger partial charge in [0.05, 0.1) is 6.61 Å². The van der Waals surface area contributed by atoms with Gasteiger partial charge in [0, 0.05) is 6.42 Å². The Morgan fingerprint density at radius 3 is 2.36 bits per heavy atom. The van der Waals surface area contributed by atoms with Crippen LogP contribution in [0.3, 0.4) is 0 Å². The second-order valence-corrected chi connectivity index (χ2v) is 5.53. The first-order valence-corrected chi connectivity index (χ1v) is 7.62. The van der Waals surface area contributed by atoms with E-state index in [1.165, 1.54) is 0 Å². The third kappa shape index (κ3) is 4.87. The molecule has 5 atom stereocenters. The van der Waals surface area contributed by atoms with Gasteiger partial charge in [-0.15, -0.1) is 0 Å². The quantitative estimate of drug-likeness (QED) is 0.218. The predicted molar refractivity (Wildman–Crippen MR) is 74.4 cm³/mol. The number of rotatable bonds is 8. The van der Waals surface area contributed by atoms with E-state index < -0.39 is 43.0 Å². The summed E-state index contributed by atoms with van der Waals surface area (Å²) in [5, 5.41) is 48.0. The smallest absolute Gasteiger partial charge is 0.357 e. The highest BCUT2D eigenvalue weighted by Crippen LogP contribution is 2.29. The Morgan fingerprint density at radius 2 is 1.77 bits per heavy atom. The molecule has 0 spiro atoms. The molecular formula is C14H26O8. The van der Waals surface area contributed by atoms with Crippen molar-refractivity contribution in [2.75, 3.05) is 6.61 Å². The third-order valence-electron chi connectivity index (χ3n) is 3.67. The summed E-state index contributed by atoms with van der Waals surface area (Å²) in [6.07, 6.45) is -2.24. The molecule has 22 heavy (non-hydrogen) atoms. The zero-order valence-electron chi connectivity index (χ0n) is 12.7. The van der Waals surface area contributed by atoms with Gasteiger partial charge in [0.15, 0.2) is 6.10 Å². The second kappa shape index (κ2) is 8.76. The molecule has 1 aliphatic rings. The minimum atomic E-state index is -2.79. The summed E-state index contributed by atoms with van der Waals surface area (Å²) in [6, 6.07) is 0. The van der Waals surface area contributed by atoms with Crippen LogP contribution in [0.5, 0.6) is 0 Å². The number of aliphatic hydroxyl groups is 5. The highest BCUT2D eigenvalue weighted by molar-refractivity contribution is 5.69. The van der Waals surface area contributed by atoms with Crippen LogP contribution >= 0.6 is 0 Å². The number of aliphatic hydroxyl groups excluding tert-OH is 4. The number of carbonyl (C=O) groups is 1. The van der Waals surface area contributed by atoms with E-state index in [2.05, 4.69) is 6.92 Å². The summed E-state index contributed by atoms with van der Waals surface area (Å²) in [5.41, 5.74) is 0. The lowest BCUT2D eigenvalue weighted by molar-refractivity contribution is -0.434. The second-order valence-electron chi connectivity index (χ2n) is 5.53. The van der Waals surface area contributed by atoms with Crippen LogP contribution in [0.2, 0.25) is 0 Å². The molecule has 130 valence electrons. The van der Waals surface area contributed by atoms with Crippen molar-refractivity contribution >= 4 is 5.97 Å². The fourth-order valence-corrected chi connectivity index (χ4v) is 2.30. The van der Waals surface area contributed by atoms with Crippen LogP contribution in [0.25, 0.3) is 0 Å². The van der Waals surface area contributed by atoms with Gasteiger partial charge < -0.3 is 35.0 Å². The zero-order valence-corrected chi connectivity index (χ0v) is 12.7. The Bertz CT molecular complexity index is 348. The molecule has 0 bridgehead atoms. The minimum absolute atomic E-state index is 0.0323. The molecule has 0 aliphatic carbocycles. The van der Waals surface area contributed by atoms with Crippen LogP contribution in [0.4, 0.5) is 0 Å². The number of hydrogen-bond acceptors (Lipinski definition) is 8. The molecule has 1 fully saturated rings. The SMILES string of the molecule is CCCCCCCC(=O)OC1(O)O[C@H](CO)[C@H](O)[C@H](O)[C@H]1O. The first-order valence-electron chi connectivity index (χ1n) is 7.62. The number of unbranched alkanes of at least 4 members (excludes halogenated alkanes) is 4. The largest absolute Gasteiger partial charge is 0.406 e. The third-order valence-corrected chi connectivity index (χ3v) is 3.67. The molecule has 8 heteroatoms. The summed E-state index contributed by atoms with van der Waals surface area (Å²) in [7, 11) is 0. The molecule has 0 radical (unpaired) electrons. The standard InChI is InChI=1S/C14H26O8/c1-2-3-4-5-6-7-10(16)22-14(20)13(19)12(18)11(17)9(8-15)21-14/h9,11-13,15,17-20H,2-8H2,1H3/t9-,11+,12+,13-,14?/m1/s1. The monoisotopic (exact) mass is 322 g/mol. The van der Waals surface area contributed by atoms with Crippen molar-refractivity contribution in [2.45, 2.75) is 75.8 Å². The molecule has 1 aliphatic heterocycles. The topological polar surface area (TPSA) is 137 Å². The summed E-state index contributed by atoms with van der Waals surface area (Å²) < 4.78 is 9.55. The number of carbonyl (C=O) groups excluding carboxylic acids is 1. The van der Waals surface area contributed by atoms with Gasteiger partial charge in [0.1, 0.15) is 18.3 Å². The maximum Gasteiger partial charge on any atom is 0.357 e. The predicted octanol–water partition coefficient (Wildman–Crippen LogP) is -0.990. The Hall–Kier alpha value is -0.770. The van der Waals surface area contributed by atoms with Crippen LogP contribution in [0, 0.1) is 0 Å². The van der Waals surface area contributed by atoms with E-state index in [1.807, 2.05) is 0 Å². The van der Waals surface area contributed by atoms with Crippen molar-refractivity contribution in [3.63, 3.8) is 0 Å². The van der Waals surface area contributed by atoms with Gasteiger partial charge in [0.2, 0.25) is 0 Å². The lowest BCUT2D eigenvalue weighted by Gasteiger charge is -2.43. The average molecular weight is 322 g/mol. The maximum absolute atomic E-state index is 11.7. The van der Waals surface area contributed by atoms with E-state index in [1.54, 1.807) is 0 Å². The molecule has 5 N–H and O–H groups in total. The van der Waals surface area contributed by atoms with Gasteiger partial charge in [-0.05, 0) is 6.42 Å². The van der Waals surface area contributed by atoms with Gasteiger partial charge in [-0.1, -0.05) is 32.6 Å². The molecule has 0 saturated carbocycles. The van der Waals surface area contributed by atoms with Gasteiger partial charge in [-0.3, -0.25) is 4.79 Å². The van der Waals surface area contributed by atoms with E-state index in [-0.39, 0.29) is 6.42 Å². The lowest BCUT2D eigenvalue weighted by atomic mass is 9.98. The number of esters is 1. The highest BCUT2D eigenvalue weighted by Gasteiger charge is 2.55. The molecule has 0 aromatic carbocycles. The minimum Gasteiger partial charge on any atom is -0.406 e. The van der Waals surface area contributed by atoms with Gasteiger partial charge in [0.25, 0.3) is 0 Å². The van der Waals surface area contributed by atoms with E-state index in [0.29, 0.717) is 6.42 Å². The number of hydrogen-bond donors (Lipinski definition) is 5. The Labute approximate surface area is 129 Å². The molecule has 1 saturated heterocycles. The number of ether oxygens (including phenoxy) is 2. The summed E-state index contributed by atoms with van der Waals surface area (Å²) >= 11 is 0. The first-order chi connectivity index (χ1) is 10.4. The van der Waals surface area contributed by atoms with Crippen molar-refractivity contribution < 1.29 is 39.8 Å². The van der Waals surface area contributed by atoms with Crippen LogP contribution in [0.1, 0.15) is 45.4 Å². The van der Waals surface area contributed by atoms with Gasteiger partial charge >= 0.3 is 11.9 Å². The van der Waals surface area contributed by atoms with Gasteiger partial charge in [-0.25, -0.2) is 0 Å². The molecule has 0 amide bonds. The van der Waals surface area contributed by atoms with E-state index in [4.69, 9.17) is 14.6 Å². The molecule has 1 heterocycles. The normalized spacial score (nSPS) is 35.4. The van der Waals surface area contributed by atoms with Crippen molar-refractivity contribution in [3.05, 3.63) is 0 Å². The van der Waals surface area contributed by atoms with Crippen molar-refractivity contribution in [1.82, 2.24) is 0 Å². The average Bonchev–Trinajstić information content (AvgIpc) is 2.49. The van der Waals surface area contributed by atoms with Crippen LogP contribution in [-0.2, 0) is 14.3 Å². The fraction of sp³-hybridized carbons (Fsp3) is 0.929. The fourth-order valence-electron chi connectivity index (χ4n) is 2.30. The Balaban J connectivity index is 2.52. The molecule has 8 nitrogen and oxygen atoms in total. The van der Waals surface area contributed by atoms with Crippen LogP contribution in [0.15, 0.2) is 0 Å². The Morgan fingerprint density at radius 1 is 1.14 bits per heavy atom. The molecule has 0 aromatic rings. The summed E-state index contributed by atoms with van der Waals surface area (Å²) in [4.78, 5) is 11.7. The maximum atomic E-state index is 11.7. The van der Waals surface area contributed by atoms with Crippen molar-refractivity contribution in [1.29, 1.82) is 0 Å². The zero-order chi connectivity index (χ0) is 16.8. The van der Waals surface area contributed by atoms with E-state index in [9.17, 15) is 25.2 Å². The first kappa shape index (κ1) is 19.3. The van der Waals surface area contributed by atoms with E-state index >= 15 is 0 Å². The van der Waals surface area contributed by atoms with Crippen LogP contribution in [-0.4, -0.2) is 68.5 Å². The molecule has 1 rings (SSSR count). The summed E-state index contributed by atoms with van der Waals surface area (Å²) in [5.74, 6) is -3.58. The lowest BCUT2D eigenvalue weighted by Crippen LogP contribution is -2.66. The van der Waals surface area contributed by atoms with E-state index in [0.717, 1.165) is 25.7 Å². The van der Waals surface area contributed by atoms with Gasteiger partial charge in [-0.2, -0.15) is 0 Å². The molecular weight excluding hydrogens is 296 g/mol. The van der Waals surface area contributed by atoms with Crippen molar-refractivity contribution in [3.8, 4) is 0 Å². The van der Waals surface area contributed by atoms with Crippen molar-refractivity contribution in [2.24, 2.45) is 0 Å². The highest BCUT2D eigenvalue weighted by atomic mass is 16.8.